The van der Waals surface area contributed by atoms with Gasteiger partial charge < -0.3 is 15.0 Å². The summed E-state index contributed by atoms with van der Waals surface area (Å²) in [5.74, 6) is -0.407. The minimum Gasteiger partial charge on any atom is -0.444 e. The number of pyridine rings is 1. The first-order chi connectivity index (χ1) is 16.3. The maximum atomic E-state index is 13.9. The van der Waals surface area contributed by atoms with Gasteiger partial charge in [-0.25, -0.2) is 9.78 Å². The van der Waals surface area contributed by atoms with Crippen molar-refractivity contribution in [2.45, 2.75) is 83.5 Å². The first kappa shape index (κ1) is 25.3. The van der Waals surface area contributed by atoms with Gasteiger partial charge in [-0.05, 0) is 95.0 Å². The van der Waals surface area contributed by atoms with Gasteiger partial charge in [0.25, 0.3) is 5.91 Å². The van der Waals surface area contributed by atoms with E-state index in [4.69, 9.17) is 4.74 Å². The zero-order valence-electron chi connectivity index (χ0n) is 20.6. The van der Waals surface area contributed by atoms with Crippen LogP contribution in [0.25, 0.3) is 10.9 Å². The van der Waals surface area contributed by atoms with Crippen molar-refractivity contribution >= 4 is 22.9 Å². The van der Waals surface area contributed by atoms with Gasteiger partial charge in [0.05, 0.1) is 17.1 Å². The Hall–Kier alpha value is -2.84. The number of fused-ring (bicyclic) bond motifs is 1. The molecule has 9 heteroatoms. The normalized spacial score (nSPS) is 19.1. The predicted octanol–water partition coefficient (Wildman–Crippen LogP) is 5.96. The van der Waals surface area contributed by atoms with Crippen molar-refractivity contribution in [3.8, 4) is 0 Å². The molecular formula is C26H32F3N3O3. The van der Waals surface area contributed by atoms with Crippen LogP contribution in [0.4, 0.5) is 18.0 Å². The molecule has 0 spiro atoms. The molecule has 4 rings (SSSR count). The number of hydrogen-bond donors (Lipinski definition) is 1. The van der Waals surface area contributed by atoms with E-state index in [2.05, 4.69) is 10.3 Å². The first-order valence-corrected chi connectivity index (χ1v) is 12.1. The van der Waals surface area contributed by atoms with Crippen molar-refractivity contribution in [1.82, 2.24) is 15.2 Å². The number of hydrogen-bond acceptors (Lipinski definition) is 4. The van der Waals surface area contributed by atoms with Gasteiger partial charge in [-0.3, -0.25) is 4.79 Å². The van der Waals surface area contributed by atoms with Gasteiger partial charge in [0.1, 0.15) is 11.3 Å². The molecule has 2 heterocycles. The summed E-state index contributed by atoms with van der Waals surface area (Å²) in [6.45, 7) is 7.78. The van der Waals surface area contributed by atoms with Crippen molar-refractivity contribution in [2.75, 3.05) is 13.1 Å². The van der Waals surface area contributed by atoms with Crippen LogP contribution in [0.2, 0.25) is 0 Å². The number of ether oxygens (including phenoxy) is 1. The van der Waals surface area contributed by atoms with Crippen LogP contribution in [0.5, 0.6) is 0 Å². The highest BCUT2D eigenvalue weighted by Gasteiger charge is 2.36. The van der Waals surface area contributed by atoms with Crippen molar-refractivity contribution in [1.29, 1.82) is 0 Å². The van der Waals surface area contributed by atoms with Gasteiger partial charge >= 0.3 is 12.3 Å². The minimum atomic E-state index is -4.58. The summed E-state index contributed by atoms with van der Waals surface area (Å²) in [7, 11) is 0. The molecule has 1 atom stereocenters. The number of halogens is 3. The van der Waals surface area contributed by atoms with Gasteiger partial charge in [0, 0.05) is 18.5 Å². The molecule has 2 fully saturated rings. The topological polar surface area (TPSA) is 71.5 Å². The molecule has 1 aliphatic carbocycles. The van der Waals surface area contributed by atoms with E-state index in [0.29, 0.717) is 29.5 Å². The Labute approximate surface area is 203 Å². The van der Waals surface area contributed by atoms with Crippen LogP contribution in [0.1, 0.15) is 86.0 Å². The van der Waals surface area contributed by atoms with Gasteiger partial charge in [-0.2, -0.15) is 13.2 Å². The molecule has 1 unspecified atom stereocenters. The molecule has 190 valence electrons. The van der Waals surface area contributed by atoms with E-state index in [1.165, 1.54) is 12.1 Å². The summed E-state index contributed by atoms with van der Waals surface area (Å²) in [5.41, 5.74) is -0.477. The number of carbonyl (C=O) groups excluding carboxylic acids is 2. The summed E-state index contributed by atoms with van der Waals surface area (Å²) in [6.07, 6.45) is -0.782. The molecule has 2 aliphatic rings. The molecule has 1 saturated heterocycles. The van der Waals surface area contributed by atoms with E-state index in [-0.39, 0.29) is 29.7 Å². The zero-order chi connectivity index (χ0) is 25.5. The third kappa shape index (κ3) is 5.87. The number of amides is 2. The van der Waals surface area contributed by atoms with Crippen LogP contribution in [0.3, 0.4) is 0 Å². The number of nitrogens with one attached hydrogen (secondary N) is 1. The van der Waals surface area contributed by atoms with Crippen LogP contribution < -0.4 is 5.32 Å². The Morgan fingerprint density at radius 1 is 1.11 bits per heavy atom. The lowest BCUT2D eigenvalue weighted by Gasteiger charge is -2.36. The first-order valence-electron chi connectivity index (χ1n) is 12.1. The quantitative estimate of drug-likeness (QED) is 0.573. The summed E-state index contributed by atoms with van der Waals surface area (Å²) in [4.78, 5) is 31.3. The van der Waals surface area contributed by atoms with Gasteiger partial charge in [0.2, 0.25) is 0 Å². The van der Waals surface area contributed by atoms with Crippen molar-refractivity contribution < 1.29 is 27.5 Å². The van der Waals surface area contributed by atoms with E-state index < -0.39 is 29.3 Å². The van der Waals surface area contributed by atoms with Crippen molar-refractivity contribution in [2.24, 2.45) is 0 Å². The lowest BCUT2D eigenvalue weighted by Crippen LogP contribution is -2.50. The molecule has 1 saturated carbocycles. The summed E-state index contributed by atoms with van der Waals surface area (Å²) in [6, 6.07) is 4.22. The van der Waals surface area contributed by atoms with Crippen molar-refractivity contribution in [3.05, 3.63) is 40.6 Å². The Bertz CT molecular complexity index is 1140. The van der Waals surface area contributed by atoms with Crippen molar-refractivity contribution in [3.63, 3.8) is 0 Å². The van der Waals surface area contributed by atoms with E-state index >= 15 is 0 Å². The molecule has 35 heavy (non-hydrogen) atoms. The van der Waals surface area contributed by atoms with E-state index in [9.17, 15) is 22.8 Å². The Kier molecular flexibility index (Phi) is 6.72. The molecule has 2 aromatic rings. The average Bonchev–Trinajstić information content (AvgIpc) is 3.60. The number of alkyl halides is 3. The number of piperidine rings is 1. The standard InChI is InChI=1S/C26H32F3N3O3/c1-15-11-21(31-22-19(15)12-17(16-8-9-16)13-20(22)26(27,28)29)23(33)30-14-18-7-5-6-10-32(18)24(34)35-25(2,3)4/h11-13,16,18H,5-10,14H2,1-4H3,(H,30,33). The smallest absolute Gasteiger partial charge is 0.418 e. The summed E-state index contributed by atoms with van der Waals surface area (Å²) < 4.78 is 47.1. The number of benzene rings is 1. The highest BCUT2D eigenvalue weighted by molar-refractivity contribution is 5.97. The summed E-state index contributed by atoms with van der Waals surface area (Å²) >= 11 is 0. The SMILES string of the molecule is Cc1cc(C(=O)NCC2CCCCN2C(=O)OC(C)(C)C)nc2c(C(F)(F)F)cc(C3CC3)cc12. The van der Waals surface area contributed by atoms with Crippen LogP contribution in [-0.2, 0) is 10.9 Å². The highest BCUT2D eigenvalue weighted by atomic mass is 19.4. The van der Waals surface area contributed by atoms with Gasteiger partial charge in [0.15, 0.2) is 0 Å². The maximum absolute atomic E-state index is 13.9. The second-order valence-electron chi connectivity index (χ2n) is 10.6. The Balaban J connectivity index is 1.56. The Morgan fingerprint density at radius 3 is 2.46 bits per heavy atom. The lowest BCUT2D eigenvalue weighted by atomic mass is 9.98. The fourth-order valence-corrected chi connectivity index (χ4v) is 4.57. The van der Waals surface area contributed by atoms with Gasteiger partial charge in [-0.1, -0.05) is 0 Å². The van der Waals surface area contributed by atoms with Crippen LogP contribution in [-0.4, -0.2) is 46.6 Å². The monoisotopic (exact) mass is 491 g/mol. The number of likely N-dealkylation sites (tertiary alicyclic amines) is 1. The number of aryl methyl sites for hydroxylation is 1. The zero-order valence-corrected chi connectivity index (χ0v) is 20.6. The highest BCUT2D eigenvalue weighted by Crippen LogP contribution is 2.44. The second-order valence-corrected chi connectivity index (χ2v) is 10.6. The van der Waals surface area contributed by atoms with E-state index in [1.807, 2.05) is 0 Å². The molecule has 1 aromatic carbocycles. The Morgan fingerprint density at radius 2 is 1.83 bits per heavy atom. The minimum absolute atomic E-state index is 0.0701. The number of rotatable bonds is 4. The molecule has 0 bridgehead atoms. The predicted molar refractivity (Wildman–Crippen MR) is 126 cm³/mol. The molecule has 2 amide bonds. The van der Waals surface area contributed by atoms with Gasteiger partial charge in [-0.15, -0.1) is 0 Å². The fourth-order valence-electron chi connectivity index (χ4n) is 4.57. The molecule has 1 N–H and O–H groups in total. The average molecular weight is 492 g/mol. The van der Waals surface area contributed by atoms with Crippen LogP contribution >= 0.6 is 0 Å². The molecular weight excluding hydrogens is 459 g/mol. The second kappa shape index (κ2) is 9.32. The van der Waals surface area contributed by atoms with Crippen LogP contribution in [0.15, 0.2) is 18.2 Å². The molecule has 0 radical (unpaired) electrons. The maximum Gasteiger partial charge on any atom is 0.418 e. The molecule has 6 nitrogen and oxygen atoms in total. The third-order valence-electron chi connectivity index (χ3n) is 6.48. The summed E-state index contributed by atoms with van der Waals surface area (Å²) in [5, 5.41) is 3.19. The third-order valence-corrected chi connectivity index (χ3v) is 6.48. The largest absolute Gasteiger partial charge is 0.444 e. The number of carbonyl (C=O) groups is 2. The number of nitrogens with zero attached hydrogens (tertiary/aromatic N) is 2. The number of aromatic nitrogens is 1. The molecule has 1 aromatic heterocycles. The lowest BCUT2D eigenvalue weighted by molar-refractivity contribution is -0.136. The molecule has 1 aliphatic heterocycles. The van der Waals surface area contributed by atoms with E-state index in [1.54, 1.807) is 38.7 Å². The van der Waals surface area contributed by atoms with E-state index in [0.717, 1.165) is 25.7 Å². The van der Waals surface area contributed by atoms with Crippen LogP contribution in [0, 0.1) is 6.92 Å². The fraction of sp³-hybridized carbons (Fsp3) is 0.577.